The first-order valence-corrected chi connectivity index (χ1v) is 5.57. The number of nitrogens with two attached hydrogens (primary N) is 1. The van der Waals surface area contributed by atoms with Gasteiger partial charge in [0.25, 0.3) is 0 Å². The summed E-state index contributed by atoms with van der Waals surface area (Å²) < 4.78 is 4.76. The number of ether oxygens (including phenoxy) is 1. The van der Waals surface area contributed by atoms with Gasteiger partial charge >= 0.3 is 11.9 Å². The average molecular weight is 252 g/mol. The molecule has 1 rings (SSSR count). The Hall–Kier alpha value is -1.92. The van der Waals surface area contributed by atoms with Crippen molar-refractivity contribution in [2.75, 3.05) is 13.2 Å². The van der Waals surface area contributed by atoms with Gasteiger partial charge in [0.1, 0.15) is 0 Å². The van der Waals surface area contributed by atoms with Gasteiger partial charge in [-0.25, -0.2) is 4.79 Å². The molecule has 98 valence electrons. The zero-order chi connectivity index (χ0) is 13.4. The first kappa shape index (κ1) is 14.1. The van der Waals surface area contributed by atoms with Crippen molar-refractivity contribution in [2.45, 2.75) is 13.0 Å². The van der Waals surface area contributed by atoms with Crippen LogP contribution in [0.2, 0.25) is 0 Å². The average Bonchev–Trinajstić information content (AvgIpc) is 2.40. The van der Waals surface area contributed by atoms with Crippen LogP contribution >= 0.6 is 0 Å². The van der Waals surface area contributed by atoms with E-state index in [2.05, 4.69) is 5.48 Å². The fourth-order valence-electron chi connectivity index (χ4n) is 1.19. The standard InChI is InChI=1S/C12H16N2O4/c1-2-17-12(16)10(8-13)14-18-11(15)9-6-4-3-5-7-9/h3-7,10,14H,2,8,13H2,1H3/t10-/m0/s1. The third kappa shape index (κ3) is 4.15. The van der Waals surface area contributed by atoms with Crippen LogP contribution in [0, 0.1) is 0 Å². The Morgan fingerprint density at radius 2 is 2.00 bits per heavy atom. The van der Waals surface area contributed by atoms with Crippen molar-refractivity contribution in [3.8, 4) is 0 Å². The highest BCUT2D eigenvalue weighted by atomic mass is 16.7. The molecule has 0 unspecified atom stereocenters. The summed E-state index contributed by atoms with van der Waals surface area (Å²) in [6.45, 7) is 1.89. The second kappa shape index (κ2) is 7.41. The van der Waals surface area contributed by atoms with Crippen LogP contribution in [0.3, 0.4) is 0 Å². The molecule has 0 amide bonds. The topological polar surface area (TPSA) is 90.7 Å². The molecule has 3 N–H and O–H groups in total. The first-order valence-electron chi connectivity index (χ1n) is 5.57. The van der Waals surface area contributed by atoms with E-state index in [0.717, 1.165) is 0 Å². The molecule has 6 heteroatoms. The molecule has 18 heavy (non-hydrogen) atoms. The van der Waals surface area contributed by atoms with Gasteiger partial charge in [-0.2, -0.15) is 0 Å². The largest absolute Gasteiger partial charge is 0.465 e. The maximum absolute atomic E-state index is 11.6. The fourth-order valence-corrected chi connectivity index (χ4v) is 1.19. The van der Waals surface area contributed by atoms with Crippen LogP contribution in [0.25, 0.3) is 0 Å². The molecule has 6 nitrogen and oxygen atoms in total. The second-order valence-corrected chi connectivity index (χ2v) is 3.41. The highest BCUT2D eigenvalue weighted by Crippen LogP contribution is 2.00. The van der Waals surface area contributed by atoms with Gasteiger partial charge in [0, 0.05) is 6.54 Å². The molecule has 0 aliphatic carbocycles. The van der Waals surface area contributed by atoms with Crippen molar-refractivity contribution in [3.63, 3.8) is 0 Å². The van der Waals surface area contributed by atoms with E-state index in [1.165, 1.54) is 0 Å². The molecule has 0 fully saturated rings. The SMILES string of the molecule is CCOC(=O)[C@H](CN)NOC(=O)c1ccccc1. The van der Waals surface area contributed by atoms with Crippen molar-refractivity contribution < 1.29 is 19.2 Å². The fraction of sp³-hybridized carbons (Fsp3) is 0.333. The van der Waals surface area contributed by atoms with E-state index in [4.69, 9.17) is 15.3 Å². The monoisotopic (exact) mass is 252 g/mol. The van der Waals surface area contributed by atoms with Gasteiger partial charge in [-0.05, 0) is 19.1 Å². The predicted molar refractivity (Wildman–Crippen MR) is 64.5 cm³/mol. The quantitative estimate of drug-likeness (QED) is 0.556. The molecule has 1 atom stereocenters. The number of carbonyl (C=O) groups excluding carboxylic acids is 2. The van der Waals surface area contributed by atoms with Crippen LogP contribution in [0.1, 0.15) is 17.3 Å². The molecule has 1 aromatic carbocycles. The summed E-state index contributed by atoms with van der Waals surface area (Å²) >= 11 is 0. The molecule has 0 bridgehead atoms. The molecule has 0 saturated heterocycles. The smallest absolute Gasteiger partial charge is 0.356 e. The van der Waals surface area contributed by atoms with Crippen molar-refractivity contribution >= 4 is 11.9 Å². The molecule has 0 spiro atoms. The number of esters is 1. The van der Waals surface area contributed by atoms with E-state index in [9.17, 15) is 9.59 Å². The van der Waals surface area contributed by atoms with Gasteiger partial charge in [-0.1, -0.05) is 18.2 Å². The van der Waals surface area contributed by atoms with Gasteiger partial charge < -0.3 is 15.3 Å². The summed E-state index contributed by atoms with van der Waals surface area (Å²) in [6, 6.07) is 7.55. The van der Waals surface area contributed by atoms with Gasteiger partial charge in [0.15, 0.2) is 6.04 Å². The Bertz CT molecular complexity index is 394. The van der Waals surface area contributed by atoms with Crippen molar-refractivity contribution in [1.29, 1.82) is 0 Å². The number of hydrogen-bond acceptors (Lipinski definition) is 6. The van der Waals surface area contributed by atoms with E-state index < -0.39 is 18.0 Å². The summed E-state index contributed by atoms with van der Waals surface area (Å²) in [5.74, 6) is -1.14. The van der Waals surface area contributed by atoms with E-state index >= 15 is 0 Å². The lowest BCUT2D eigenvalue weighted by Crippen LogP contribution is -2.44. The van der Waals surface area contributed by atoms with Crippen molar-refractivity contribution in [2.24, 2.45) is 5.73 Å². The van der Waals surface area contributed by atoms with Crippen molar-refractivity contribution in [1.82, 2.24) is 5.48 Å². The maximum atomic E-state index is 11.6. The number of hydrogen-bond donors (Lipinski definition) is 2. The molecule has 0 aromatic heterocycles. The van der Waals surface area contributed by atoms with E-state index in [-0.39, 0.29) is 13.2 Å². The number of rotatable bonds is 6. The molecule has 0 saturated carbocycles. The molecular weight excluding hydrogens is 236 g/mol. The second-order valence-electron chi connectivity index (χ2n) is 3.41. The summed E-state index contributed by atoms with van der Waals surface area (Å²) in [7, 11) is 0. The molecule has 0 aliphatic rings. The Morgan fingerprint density at radius 3 is 2.56 bits per heavy atom. The lowest BCUT2D eigenvalue weighted by Gasteiger charge is -2.14. The third-order valence-electron chi connectivity index (χ3n) is 2.11. The lowest BCUT2D eigenvalue weighted by molar-refractivity contribution is -0.148. The zero-order valence-corrected chi connectivity index (χ0v) is 10.1. The van der Waals surface area contributed by atoms with E-state index in [1.807, 2.05) is 0 Å². The number of nitrogens with one attached hydrogen (secondary N) is 1. The normalized spacial score (nSPS) is 11.7. The minimum atomic E-state index is -0.863. The Kier molecular flexibility index (Phi) is 5.83. The number of hydroxylamine groups is 1. The molecule has 1 aromatic rings. The molecule has 0 aliphatic heterocycles. The van der Waals surface area contributed by atoms with Gasteiger partial charge in [0.05, 0.1) is 12.2 Å². The van der Waals surface area contributed by atoms with Crippen LogP contribution in [0.5, 0.6) is 0 Å². The third-order valence-corrected chi connectivity index (χ3v) is 2.11. The Labute approximate surface area is 105 Å². The minimum Gasteiger partial charge on any atom is -0.465 e. The van der Waals surface area contributed by atoms with Crippen LogP contribution in [-0.2, 0) is 14.4 Å². The predicted octanol–water partition coefficient (Wildman–Crippen LogP) is 0.238. The molecular formula is C12H16N2O4. The van der Waals surface area contributed by atoms with Crippen molar-refractivity contribution in [3.05, 3.63) is 35.9 Å². The van der Waals surface area contributed by atoms with E-state index in [1.54, 1.807) is 37.3 Å². The maximum Gasteiger partial charge on any atom is 0.356 e. The Balaban J connectivity index is 2.48. The van der Waals surface area contributed by atoms with Crippen LogP contribution in [0.15, 0.2) is 30.3 Å². The highest BCUT2D eigenvalue weighted by Gasteiger charge is 2.20. The zero-order valence-electron chi connectivity index (χ0n) is 10.1. The summed E-state index contributed by atoms with van der Waals surface area (Å²) in [4.78, 5) is 27.7. The van der Waals surface area contributed by atoms with E-state index in [0.29, 0.717) is 5.56 Å². The number of carbonyl (C=O) groups is 2. The van der Waals surface area contributed by atoms with Gasteiger partial charge in [-0.3, -0.25) is 4.79 Å². The first-order chi connectivity index (χ1) is 8.69. The highest BCUT2D eigenvalue weighted by molar-refractivity contribution is 5.89. The van der Waals surface area contributed by atoms with Gasteiger partial charge in [0.2, 0.25) is 0 Å². The van der Waals surface area contributed by atoms with Gasteiger partial charge in [-0.15, -0.1) is 5.48 Å². The van der Waals surface area contributed by atoms with Crippen LogP contribution < -0.4 is 11.2 Å². The number of benzene rings is 1. The summed E-state index contributed by atoms with van der Waals surface area (Å²) in [5, 5.41) is 0. The summed E-state index contributed by atoms with van der Waals surface area (Å²) in [6.07, 6.45) is 0. The molecule has 0 heterocycles. The minimum absolute atomic E-state index is 0.0269. The molecule has 0 radical (unpaired) electrons. The Morgan fingerprint density at radius 1 is 1.33 bits per heavy atom. The summed E-state index contributed by atoms with van der Waals surface area (Å²) in [5.41, 5.74) is 8.06. The van der Waals surface area contributed by atoms with Crippen LogP contribution in [-0.4, -0.2) is 31.1 Å². The van der Waals surface area contributed by atoms with Crippen LogP contribution in [0.4, 0.5) is 0 Å². The lowest BCUT2D eigenvalue weighted by atomic mass is 10.2.